The molecule has 1 aromatic carbocycles. The van der Waals surface area contributed by atoms with Gasteiger partial charge >= 0.3 is 12.1 Å². The van der Waals surface area contributed by atoms with Gasteiger partial charge in [-0.05, 0) is 24.6 Å². The van der Waals surface area contributed by atoms with Crippen molar-refractivity contribution in [3.63, 3.8) is 0 Å². The van der Waals surface area contributed by atoms with Crippen LogP contribution in [0.5, 0.6) is 5.75 Å². The zero-order valence-corrected chi connectivity index (χ0v) is 12.1. The molecule has 2 atom stereocenters. The van der Waals surface area contributed by atoms with Gasteiger partial charge in [0, 0.05) is 12.3 Å². The van der Waals surface area contributed by atoms with Gasteiger partial charge in [-0.15, -0.1) is 0 Å². The molecule has 22 heavy (non-hydrogen) atoms. The smallest absolute Gasteiger partial charge is 0.490 e. The molecule has 1 aliphatic carbocycles. The number of benzene rings is 1. The summed E-state index contributed by atoms with van der Waals surface area (Å²) < 4.78 is 46.0. The second-order valence-corrected chi connectivity index (χ2v) is 5.26. The molecule has 1 fully saturated rings. The van der Waals surface area contributed by atoms with Crippen molar-refractivity contribution in [2.75, 3.05) is 7.11 Å². The van der Waals surface area contributed by atoms with Crippen molar-refractivity contribution in [3.05, 3.63) is 35.4 Å². The van der Waals surface area contributed by atoms with E-state index < -0.39 is 23.8 Å². The van der Waals surface area contributed by atoms with Gasteiger partial charge in [0.25, 0.3) is 0 Å². The molecule has 1 unspecified atom stereocenters. The molecule has 4 nitrogen and oxygen atoms in total. The van der Waals surface area contributed by atoms with Crippen LogP contribution in [0.1, 0.15) is 18.9 Å². The minimum Gasteiger partial charge on any atom is -0.497 e. The first-order valence-electron chi connectivity index (χ1n) is 6.57. The van der Waals surface area contributed by atoms with E-state index in [0.717, 1.165) is 11.1 Å². The molecule has 2 rings (SSSR count). The molecule has 0 spiro atoms. The quantitative estimate of drug-likeness (QED) is 0.685. The number of nitrogens with two attached hydrogens (primary N) is 1. The largest absolute Gasteiger partial charge is 0.497 e. The van der Waals surface area contributed by atoms with E-state index in [9.17, 15) is 18.0 Å². The van der Waals surface area contributed by atoms with Gasteiger partial charge in [-0.2, -0.15) is 13.2 Å². The van der Waals surface area contributed by atoms with E-state index >= 15 is 0 Å². The lowest BCUT2D eigenvalue weighted by Gasteiger charge is -2.15. The van der Waals surface area contributed by atoms with Crippen molar-refractivity contribution in [2.45, 2.75) is 25.2 Å². The van der Waals surface area contributed by atoms with E-state index in [1.807, 2.05) is 12.1 Å². The van der Waals surface area contributed by atoms with Gasteiger partial charge in [0.15, 0.2) is 5.72 Å². The highest BCUT2D eigenvalue weighted by Gasteiger charge is 2.58. The minimum absolute atomic E-state index is 0.174. The van der Waals surface area contributed by atoms with Crippen LogP contribution in [0.4, 0.5) is 13.2 Å². The third-order valence-corrected chi connectivity index (χ3v) is 3.53. The van der Waals surface area contributed by atoms with Crippen LogP contribution in [0.15, 0.2) is 29.8 Å². The molecule has 0 aliphatic heterocycles. The Morgan fingerprint density at radius 3 is 2.45 bits per heavy atom. The highest BCUT2D eigenvalue weighted by atomic mass is 19.4. The van der Waals surface area contributed by atoms with E-state index in [-0.39, 0.29) is 6.42 Å². The lowest BCUT2D eigenvalue weighted by molar-refractivity contribution is -0.207. The van der Waals surface area contributed by atoms with Gasteiger partial charge in [0.1, 0.15) is 5.75 Å². The van der Waals surface area contributed by atoms with Gasteiger partial charge < -0.3 is 9.47 Å². The van der Waals surface area contributed by atoms with Crippen LogP contribution in [0.2, 0.25) is 0 Å². The number of halogens is 3. The maximum absolute atomic E-state index is 12.2. The van der Waals surface area contributed by atoms with Crippen molar-refractivity contribution in [3.8, 4) is 5.75 Å². The summed E-state index contributed by atoms with van der Waals surface area (Å²) in [5.74, 6) is -1.97. The van der Waals surface area contributed by atoms with Crippen molar-refractivity contribution in [1.82, 2.24) is 0 Å². The summed E-state index contributed by atoms with van der Waals surface area (Å²) in [4.78, 5) is 10.9. The van der Waals surface area contributed by atoms with Gasteiger partial charge in [-0.1, -0.05) is 23.8 Å². The number of hydrogen-bond acceptors (Lipinski definition) is 4. The van der Waals surface area contributed by atoms with Crippen LogP contribution >= 0.6 is 0 Å². The third-order valence-electron chi connectivity index (χ3n) is 3.53. The molecule has 7 heteroatoms. The molecule has 0 aromatic heterocycles. The summed E-state index contributed by atoms with van der Waals surface area (Å²) in [6, 6.07) is 7.16. The van der Waals surface area contributed by atoms with E-state index in [4.69, 9.17) is 10.5 Å². The van der Waals surface area contributed by atoms with Crippen molar-refractivity contribution >= 4 is 12.0 Å². The normalized spacial score (nSPS) is 24.8. The Kier molecular flexibility index (Phi) is 4.19. The predicted molar refractivity (Wildman–Crippen MR) is 73.8 cm³/mol. The van der Waals surface area contributed by atoms with E-state index in [1.165, 1.54) is 0 Å². The predicted octanol–water partition coefficient (Wildman–Crippen LogP) is 2.88. The first-order chi connectivity index (χ1) is 10.2. The number of esters is 1. The van der Waals surface area contributed by atoms with Gasteiger partial charge in [-0.3, -0.25) is 5.73 Å². The molecule has 0 bridgehead atoms. The molecule has 0 amide bonds. The van der Waals surface area contributed by atoms with Crippen molar-refractivity contribution in [1.29, 1.82) is 0 Å². The van der Waals surface area contributed by atoms with Crippen LogP contribution in [-0.4, -0.2) is 25.0 Å². The molecule has 1 saturated carbocycles. The lowest BCUT2D eigenvalue weighted by Crippen LogP contribution is -2.38. The summed E-state index contributed by atoms with van der Waals surface area (Å²) in [5, 5.41) is 0. The van der Waals surface area contributed by atoms with Crippen LogP contribution in [0, 0.1) is 5.92 Å². The zero-order chi connectivity index (χ0) is 16.5. The molecule has 0 heterocycles. The number of methoxy groups -OCH3 is 1. The number of hydrogen-bond donors (Lipinski definition) is 1. The highest BCUT2D eigenvalue weighted by molar-refractivity contribution is 5.76. The second-order valence-electron chi connectivity index (χ2n) is 5.26. The van der Waals surface area contributed by atoms with Gasteiger partial charge in [0.05, 0.1) is 7.11 Å². The second kappa shape index (κ2) is 5.64. The summed E-state index contributed by atoms with van der Waals surface area (Å²) in [7, 11) is 1.55. The van der Waals surface area contributed by atoms with Crippen molar-refractivity contribution < 1.29 is 27.4 Å². The standard InChI is InChI=1S/C15H16F3NO3/c1-9(7-10-3-5-11(21-2)6-4-10)12-8-14(12,19)22-13(20)15(16,17)18/h3-7,12H,8,19H2,1-2H3/t12-,14?/m0/s1. The third kappa shape index (κ3) is 3.59. The maximum Gasteiger partial charge on any atom is 0.490 e. The SMILES string of the molecule is COc1ccc(C=C(C)[C@@H]2CC2(N)OC(=O)C(F)(F)F)cc1. The van der Waals surface area contributed by atoms with E-state index in [0.29, 0.717) is 5.75 Å². The van der Waals surface area contributed by atoms with Crippen LogP contribution in [0.25, 0.3) is 6.08 Å². The summed E-state index contributed by atoms with van der Waals surface area (Å²) in [6.45, 7) is 1.74. The molecule has 120 valence electrons. The number of carbonyl (C=O) groups is 1. The fourth-order valence-corrected chi connectivity index (χ4v) is 2.21. The van der Waals surface area contributed by atoms with Crippen LogP contribution in [-0.2, 0) is 9.53 Å². The molecule has 0 radical (unpaired) electrons. The zero-order valence-electron chi connectivity index (χ0n) is 12.1. The summed E-state index contributed by atoms with van der Waals surface area (Å²) in [6.07, 6.45) is -3.07. The first-order valence-corrected chi connectivity index (χ1v) is 6.57. The number of carbonyl (C=O) groups excluding carboxylic acids is 1. The Bertz CT molecular complexity index is 595. The topological polar surface area (TPSA) is 61.6 Å². The van der Waals surface area contributed by atoms with Gasteiger partial charge in [-0.25, -0.2) is 4.79 Å². The number of ether oxygens (including phenoxy) is 2. The molecule has 2 N–H and O–H groups in total. The Hall–Kier alpha value is -2.02. The van der Waals surface area contributed by atoms with Crippen LogP contribution < -0.4 is 10.5 Å². The Morgan fingerprint density at radius 2 is 1.95 bits per heavy atom. The maximum atomic E-state index is 12.2. The highest BCUT2D eigenvalue weighted by Crippen LogP contribution is 2.48. The Balaban J connectivity index is 2.03. The molecule has 0 saturated heterocycles. The first kappa shape index (κ1) is 16.4. The number of alkyl halides is 3. The molecule has 1 aliphatic rings. The summed E-state index contributed by atoms with van der Waals surface area (Å²) >= 11 is 0. The fraction of sp³-hybridized carbons (Fsp3) is 0.400. The van der Waals surface area contributed by atoms with Crippen molar-refractivity contribution in [2.24, 2.45) is 11.7 Å². The fourth-order valence-electron chi connectivity index (χ4n) is 2.21. The Labute approximate surface area is 125 Å². The van der Waals surface area contributed by atoms with Gasteiger partial charge in [0.2, 0.25) is 0 Å². The number of rotatable bonds is 4. The molecular formula is C15H16F3NO3. The lowest BCUT2D eigenvalue weighted by atomic mass is 10.1. The van der Waals surface area contributed by atoms with E-state index in [1.54, 1.807) is 32.2 Å². The van der Waals surface area contributed by atoms with E-state index in [2.05, 4.69) is 4.74 Å². The average molecular weight is 315 g/mol. The summed E-state index contributed by atoms with van der Waals surface area (Å²) in [5.41, 5.74) is 5.72. The van der Waals surface area contributed by atoms with Crippen LogP contribution in [0.3, 0.4) is 0 Å². The Morgan fingerprint density at radius 1 is 1.36 bits per heavy atom. The minimum atomic E-state index is -5.03. The molecular weight excluding hydrogens is 299 g/mol. The average Bonchev–Trinajstić information content (AvgIpc) is 3.10. The molecule has 1 aromatic rings. The monoisotopic (exact) mass is 315 g/mol.